The van der Waals surface area contributed by atoms with E-state index >= 15 is 0 Å². The van der Waals surface area contributed by atoms with Crippen LogP contribution in [0, 0.1) is 5.92 Å². The molecule has 2 nitrogen and oxygen atoms in total. The van der Waals surface area contributed by atoms with Crippen molar-refractivity contribution in [2.75, 3.05) is 6.54 Å². The highest BCUT2D eigenvalue weighted by atomic mass is 16.5. The number of fused-ring (bicyclic) bond motifs is 1. The van der Waals surface area contributed by atoms with E-state index in [9.17, 15) is 0 Å². The summed E-state index contributed by atoms with van der Waals surface area (Å²) in [6.45, 7) is 9.95. The molecule has 1 N–H and O–H groups in total. The van der Waals surface area contributed by atoms with E-state index in [-0.39, 0.29) is 0 Å². The van der Waals surface area contributed by atoms with Crippen LogP contribution in [0.3, 0.4) is 0 Å². The van der Waals surface area contributed by atoms with E-state index in [4.69, 9.17) is 4.74 Å². The number of hydrogen-bond acceptors (Lipinski definition) is 2. The van der Waals surface area contributed by atoms with Gasteiger partial charge in [0.1, 0.15) is 11.9 Å². The molecule has 0 spiro atoms. The number of rotatable bonds is 6. The molecule has 1 aromatic rings. The molecule has 1 aliphatic heterocycles. The molecule has 0 fully saturated rings. The van der Waals surface area contributed by atoms with Crippen molar-refractivity contribution in [1.29, 1.82) is 0 Å². The topological polar surface area (TPSA) is 21.3 Å². The molecule has 0 radical (unpaired) electrons. The van der Waals surface area contributed by atoms with Crippen LogP contribution in [-0.2, 0) is 6.42 Å². The highest BCUT2D eigenvalue weighted by molar-refractivity contribution is 5.41. The van der Waals surface area contributed by atoms with Crippen molar-refractivity contribution < 1.29 is 4.74 Å². The smallest absolute Gasteiger partial charge is 0.123 e. The van der Waals surface area contributed by atoms with E-state index in [2.05, 4.69) is 51.2 Å². The molecule has 1 aromatic carbocycles. The third kappa shape index (κ3) is 3.30. The third-order valence-corrected chi connectivity index (χ3v) is 4.02. The van der Waals surface area contributed by atoms with Gasteiger partial charge in [0.15, 0.2) is 0 Å². The highest BCUT2D eigenvalue weighted by Crippen LogP contribution is 2.33. The molecular formula is C17H27NO. The first-order valence-corrected chi connectivity index (χ1v) is 7.68. The van der Waals surface area contributed by atoms with Crippen LogP contribution in [0.1, 0.15) is 57.7 Å². The summed E-state index contributed by atoms with van der Waals surface area (Å²) in [4.78, 5) is 0. The number of hydrogen-bond donors (Lipinski definition) is 1. The predicted molar refractivity (Wildman–Crippen MR) is 80.7 cm³/mol. The van der Waals surface area contributed by atoms with Crippen molar-refractivity contribution in [3.8, 4) is 5.75 Å². The van der Waals surface area contributed by atoms with E-state index in [0.717, 1.165) is 18.7 Å². The van der Waals surface area contributed by atoms with E-state index in [0.29, 0.717) is 18.1 Å². The molecule has 0 saturated carbocycles. The molecule has 106 valence electrons. The van der Waals surface area contributed by atoms with Crippen molar-refractivity contribution >= 4 is 0 Å². The summed E-state index contributed by atoms with van der Waals surface area (Å²) >= 11 is 0. The molecule has 0 aromatic heterocycles. The van der Waals surface area contributed by atoms with E-state index in [1.165, 1.54) is 24.0 Å². The highest BCUT2D eigenvalue weighted by Gasteiger charge is 2.23. The first-order chi connectivity index (χ1) is 9.15. The average Bonchev–Trinajstić information content (AvgIpc) is 2.75. The lowest BCUT2D eigenvalue weighted by Crippen LogP contribution is -2.26. The van der Waals surface area contributed by atoms with Gasteiger partial charge in [0.05, 0.1) is 0 Å². The summed E-state index contributed by atoms with van der Waals surface area (Å²) in [5.41, 5.74) is 2.79. The molecule has 1 heterocycles. The molecule has 0 saturated heterocycles. The van der Waals surface area contributed by atoms with E-state index < -0.39 is 0 Å². The molecule has 1 aliphatic rings. The van der Waals surface area contributed by atoms with Gasteiger partial charge in [-0.1, -0.05) is 39.3 Å². The first kappa shape index (κ1) is 14.4. The average molecular weight is 261 g/mol. The summed E-state index contributed by atoms with van der Waals surface area (Å²) in [7, 11) is 0. The Hall–Kier alpha value is -1.02. The zero-order chi connectivity index (χ0) is 13.8. The van der Waals surface area contributed by atoms with Gasteiger partial charge in [-0.2, -0.15) is 0 Å². The van der Waals surface area contributed by atoms with Crippen LogP contribution in [0.4, 0.5) is 0 Å². The van der Waals surface area contributed by atoms with Gasteiger partial charge in [-0.15, -0.1) is 0 Å². The Morgan fingerprint density at radius 2 is 2.16 bits per heavy atom. The van der Waals surface area contributed by atoms with E-state index in [1.54, 1.807) is 0 Å². The van der Waals surface area contributed by atoms with Crippen LogP contribution in [0.2, 0.25) is 0 Å². The molecule has 2 heteroatoms. The lowest BCUT2D eigenvalue weighted by molar-refractivity contribution is 0.254. The van der Waals surface area contributed by atoms with Crippen molar-refractivity contribution in [2.45, 2.75) is 59.1 Å². The Labute approximate surface area is 117 Å². The Kier molecular flexibility index (Phi) is 4.87. The maximum Gasteiger partial charge on any atom is 0.123 e. The minimum atomic E-state index is 0.330. The largest absolute Gasteiger partial charge is 0.490 e. The molecule has 0 bridgehead atoms. The van der Waals surface area contributed by atoms with Gasteiger partial charge in [-0.25, -0.2) is 0 Å². The standard InChI is InChI=1S/C17H27NO/c1-5-7-12(3)17(18-6-2)14-8-9-16-15(11-14)10-13(4)19-16/h8-9,11-13,17-18H,5-7,10H2,1-4H3. The summed E-state index contributed by atoms with van der Waals surface area (Å²) in [6.07, 6.45) is 3.89. The third-order valence-electron chi connectivity index (χ3n) is 4.02. The van der Waals surface area contributed by atoms with Gasteiger partial charge in [0, 0.05) is 12.5 Å². The normalized spacial score (nSPS) is 20.7. The minimum Gasteiger partial charge on any atom is -0.490 e. The van der Waals surface area contributed by atoms with Crippen LogP contribution in [0.5, 0.6) is 5.75 Å². The lowest BCUT2D eigenvalue weighted by Gasteiger charge is -2.25. The van der Waals surface area contributed by atoms with Crippen molar-refractivity contribution in [2.24, 2.45) is 5.92 Å². The fraction of sp³-hybridized carbons (Fsp3) is 0.647. The van der Waals surface area contributed by atoms with Gasteiger partial charge in [0.2, 0.25) is 0 Å². The second kappa shape index (κ2) is 6.42. The van der Waals surface area contributed by atoms with Crippen molar-refractivity contribution in [1.82, 2.24) is 5.32 Å². The molecule has 0 amide bonds. The monoisotopic (exact) mass is 261 g/mol. The second-order valence-corrected chi connectivity index (χ2v) is 5.80. The van der Waals surface area contributed by atoms with Crippen LogP contribution in [0.25, 0.3) is 0 Å². The zero-order valence-corrected chi connectivity index (χ0v) is 12.7. The Bertz CT molecular complexity index is 416. The predicted octanol–water partition coefficient (Wildman–Crippen LogP) is 4.10. The molecule has 0 aliphatic carbocycles. The van der Waals surface area contributed by atoms with Gasteiger partial charge in [0.25, 0.3) is 0 Å². The molecule has 2 rings (SSSR count). The van der Waals surface area contributed by atoms with Crippen LogP contribution in [0.15, 0.2) is 18.2 Å². The number of nitrogens with one attached hydrogen (secondary N) is 1. The van der Waals surface area contributed by atoms with Crippen LogP contribution in [-0.4, -0.2) is 12.6 Å². The quantitative estimate of drug-likeness (QED) is 0.832. The van der Waals surface area contributed by atoms with Gasteiger partial charge >= 0.3 is 0 Å². The Balaban J connectivity index is 2.20. The fourth-order valence-electron chi connectivity index (χ4n) is 3.12. The molecule has 3 atom stereocenters. The van der Waals surface area contributed by atoms with Gasteiger partial charge < -0.3 is 10.1 Å². The summed E-state index contributed by atoms with van der Waals surface area (Å²) in [5.74, 6) is 1.75. The SMILES string of the molecule is CCCC(C)C(NCC)c1ccc2c(c1)CC(C)O2. The summed E-state index contributed by atoms with van der Waals surface area (Å²) in [5, 5.41) is 3.65. The number of benzene rings is 1. The van der Waals surface area contributed by atoms with Gasteiger partial charge in [-0.3, -0.25) is 0 Å². The summed E-state index contributed by atoms with van der Waals surface area (Å²) in [6, 6.07) is 7.19. The summed E-state index contributed by atoms with van der Waals surface area (Å²) < 4.78 is 5.79. The minimum absolute atomic E-state index is 0.330. The first-order valence-electron chi connectivity index (χ1n) is 7.68. The van der Waals surface area contributed by atoms with E-state index in [1.807, 2.05) is 0 Å². The Morgan fingerprint density at radius 3 is 2.84 bits per heavy atom. The maximum atomic E-state index is 5.79. The zero-order valence-electron chi connectivity index (χ0n) is 12.7. The number of ether oxygens (including phenoxy) is 1. The fourth-order valence-corrected chi connectivity index (χ4v) is 3.12. The van der Waals surface area contributed by atoms with Crippen LogP contribution < -0.4 is 10.1 Å². The van der Waals surface area contributed by atoms with Gasteiger partial charge in [-0.05, 0) is 43.0 Å². The second-order valence-electron chi connectivity index (χ2n) is 5.80. The molecule has 3 unspecified atom stereocenters. The van der Waals surface area contributed by atoms with Crippen molar-refractivity contribution in [3.63, 3.8) is 0 Å². The maximum absolute atomic E-state index is 5.79. The molecular weight excluding hydrogens is 234 g/mol. The lowest BCUT2D eigenvalue weighted by atomic mass is 9.89. The molecule has 19 heavy (non-hydrogen) atoms. The van der Waals surface area contributed by atoms with Crippen LogP contribution >= 0.6 is 0 Å². The Morgan fingerprint density at radius 1 is 1.37 bits per heavy atom. The van der Waals surface area contributed by atoms with Crippen molar-refractivity contribution in [3.05, 3.63) is 29.3 Å².